The molecule has 0 bridgehead atoms. The highest BCUT2D eigenvalue weighted by Gasteiger charge is 2.30. The average molecular weight is 479 g/mol. The predicted octanol–water partition coefficient (Wildman–Crippen LogP) is 4.49. The summed E-state index contributed by atoms with van der Waals surface area (Å²) in [7, 11) is 3.28. The van der Waals surface area contributed by atoms with Gasteiger partial charge in [-0.1, -0.05) is 0 Å². The number of methoxy groups -OCH3 is 1. The molecule has 1 atom stereocenters. The molecule has 8 nitrogen and oxygen atoms in total. The van der Waals surface area contributed by atoms with Crippen LogP contribution in [0.15, 0.2) is 36.5 Å². The minimum absolute atomic E-state index is 0.00735. The summed E-state index contributed by atoms with van der Waals surface area (Å²) >= 11 is 1.39. The van der Waals surface area contributed by atoms with Crippen LogP contribution in [-0.2, 0) is 4.74 Å². The molecule has 1 unspecified atom stereocenters. The van der Waals surface area contributed by atoms with Crippen molar-refractivity contribution in [2.75, 3.05) is 27.3 Å². The predicted molar refractivity (Wildman–Crippen MR) is 132 cm³/mol. The molecule has 1 aliphatic heterocycles. The van der Waals surface area contributed by atoms with Crippen molar-refractivity contribution in [3.8, 4) is 11.5 Å². The molecule has 1 aromatic carbocycles. The SMILES string of the molecule is CNC(=O)c1c(C)[nH]c2ccc(Oc3ccnc4cc(C(=O)N5CCCC5COC)sc34)cc12. The molecule has 176 valence electrons. The van der Waals surface area contributed by atoms with Gasteiger partial charge in [0.05, 0.1) is 33.3 Å². The molecule has 5 rings (SSSR count). The highest BCUT2D eigenvalue weighted by molar-refractivity contribution is 7.21. The van der Waals surface area contributed by atoms with Crippen LogP contribution in [-0.4, -0.2) is 60.0 Å². The van der Waals surface area contributed by atoms with Crippen molar-refractivity contribution in [1.29, 1.82) is 0 Å². The molecule has 1 aliphatic rings. The summed E-state index contributed by atoms with van der Waals surface area (Å²) in [5, 5.41) is 3.48. The molecule has 1 fully saturated rings. The van der Waals surface area contributed by atoms with E-state index in [-0.39, 0.29) is 17.9 Å². The molecular formula is C25H26N4O4S. The van der Waals surface area contributed by atoms with Crippen LogP contribution in [0.1, 0.15) is 38.6 Å². The van der Waals surface area contributed by atoms with Crippen LogP contribution in [0.4, 0.5) is 0 Å². The molecule has 0 spiro atoms. The number of nitrogens with one attached hydrogen (secondary N) is 2. The third kappa shape index (κ3) is 3.91. The highest BCUT2D eigenvalue weighted by Crippen LogP contribution is 2.37. The van der Waals surface area contributed by atoms with Crippen molar-refractivity contribution in [2.24, 2.45) is 0 Å². The number of H-pyrrole nitrogens is 1. The van der Waals surface area contributed by atoms with E-state index in [0.717, 1.165) is 46.2 Å². The fourth-order valence-electron chi connectivity index (χ4n) is 4.62. The topological polar surface area (TPSA) is 96.6 Å². The largest absolute Gasteiger partial charge is 0.456 e. The Labute approximate surface area is 200 Å². The Morgan fingerprint density at radius 3 is 2.94 bits per heavy atom. The molecule has 0 radical (unpaired) electrons. The molecule has 1 saturated heterocycles. The van der Waals surface area contributed by atoms with Crippen molar-refractivity contribution in [2.45, 2.75) is 25.8 Å². The highest BCUT2D eigenvalue weighted by atomic mass is 32.1. The average Bonchev–Trinajstić information content (AvgIpc) is 3.55. The fourth-order valence-corrected chi connectivity index (χ4v) is 5.65. The maximum atomic E-state index is 13.2. The number of hydrogen-bond acceptors (Lipinski definition) is 6. The zero-order valence-electron chi connectivity index (χ0n) is 19.3. The number of likely N-dealkylation sites (tertiary alicyclic amines) is 1. The normalized spacial score (nSPS) is 15.9. The first kappa shape index (κ1) is 22.4. The summed E-state index contributed by atoms with van der Waals surface area (Å²) in [5.41, 5.74) is 2.98. The van der Waals surface area contributed by atoms with E-state index in [9.17, 15) is 9.59 Å². The zero-order chi connectivity index (χ0) is 23.8. The first-order chi connectivity index (χ1) is 16.5. The van der Waals surface area contributed by atoms with Crippen LogP contribution in [0.5, 0.6) is 11.5 Å². The van der Waals surface area contributed by atoms with Gasteiger partial charge in [0.25, 0.3) is 11.8 Å². The quantitative estimate of drug-likeness (QED) is 0.426. The van der Waals surface area contributed by atoms with E-state index in [0.29, 0.717) is 28.5 Å². The number of carbonyl (C=O) groups is 2. The van der Waals surface area contributed by atoms with Gasteiger partial charge >= 0.3 is 0 Å². The molecule has 2 N–H and O–H groups in total. The van der Waals surface area contributed by atoms with Crippen LogP contribution < -0.4 is 10.1 Å². The Kier molecular flexibility index (Phi) is 5.97. The second kappa shape index (κ2) is 9.08. The first-order valence-electron chi connectivity index (χ1n) is 11.2. The lowest BCUT2D eigenvalue weighted by atomic mass is 10.1. The summed E-state index contributed by atoms with van der Waals surface area (Å²) in [6, 6.07) is 9.35. The van der Waals surface area contributed by atoms with E-state index in [2.05, 4.69) is 15.3 Å². The molecule has 3 aromatic heterocycles. The third-order valence-electron chi connectivity index (χ3n) is 6.22. The van der Waals surface area contributed by atoms with Gasteiger partial charge in [0, 0.05) is 49.6 Å². The summed E-state index contributed by atoms with van der Waals surface area (Å²) < 4.78 is 12.3. The number of fused-ring (bicyclic) bond motifs is 2. The monoisotopic (exact) mass is 478 g/mol. The molecule has 0 saturated carbocycles. The Morgan fingerprint density at radius 2 is 2.15 bits per heavy atom. The Morgan fingerprint density at radius 1 is 1.29 bits per heavy atom. The van der Waals surface area contributed by atoms with Crippen molar-refractivity contribution in [3.63, 3.8) is 0 Å². The number of ether oxygens (including phenoxy) is 2. The number of aromatic nitrogens is 2. The van der Waals surface area contributed by atoms with E-state index in [1.165, 1.54) is 11.3 Å². The minimum Gasteiger partial charge on any atom is -0.456 e. The van der Waals surface area contributed by atoms with Gasteiger partial charge in [-0.3, -0.25) is 14.6 Å². The summed E-state index contributed by atoms with van der Waals surface area (Å²) in [6.45, 7) is 3.16. The van der Waals surface area contributed by atoms with Gasteiger partial charge in [0.1, 0.15) is 11.5 Å². The number of pyridine rings is 1. The van der Waals surface area contributed by atoms with Gasteiger partial charge in [-0.2, -0.15) is 0 Å². The Balaban J connectivity index is 1.47. The molecular weight excluding hydrogens is 452 g/mol. The van der Waals surface area contributed by atoms with E-state index in [4.69, 9.17) is 9.47 Å². The number of amides is 2. The number of thiophene rings is 1. The van der Waals surface area contributed by atoms with Gasteiger partial charge in [-0.05, 0) is 44.0 Å². The zero-order valence-corrected chi connectivity index (χ0v) is 20.1. The van der Waals surface area contributed by atoms with Crippen molar-refractivity contribution >= 4 is 44.3 Å². The summed E-state index contributed by atoms with van der Waals surface area (Å²) in [5.74, 6) is 1.08. The van der Waals surface area contributed by atoms with Crippen LogP contribution in [0.25, 0.3) is 21.1 Å². The number of aromatic amines is 1. The molecule has 2 amide bonds. The maximum absolute atomic E-state index is 13.2. The number of nitrogens with zero attached hydrogens (tertiary/aromatic N) is 2. The van der Waals surface area contributed by atoms with E-state index < -0.39 is 0 Å². The van der Waals surface area contributed by atoms with Crippen molar-refractivity contribution in [1.82, 2.24) is 20.2 Å². The molecule has 34 heavy (non-hydrogen) atoms. The summed E-state index contributed by atoms with van der Waals surface area (Å²) in [6.07, 6.45) is 3.61. The second-order valence-corrected chi connectivity index (χ2v) is 9.45. The van der Waals surface area contributed by atoms with Gasteiger partial charge < -0.3 is 24.7 Å². The smallest absolute Gasteiger partial charge is 0.264 e. The second-order valence-electron chi connectivity index (χ2n) is 8.40. The molecule has 4 heterocycles. The molecule has 9 heteroatoms. The standard InChI is InChI=1S/C25H26N4O4S/c1-14-22(24(30)26-2)17-11-16(6-7-18(17)28-14)33-20-8-9-27-19-12-21(34-23(19)20)25(31)29-10-4-5-15(29)13-32-3/h6-9,11-12,15,28H,4-5,10,13H2,1-3H3,(H,26,30). The lowest BCUT2D eigenvalue weighted by molar-refractivity contribution is 0.0635. The first-order valence-corrected chi connectivity index (χ1v) is 12.0. The van der Waals surface area contributed by atoms with Crippen molar-refractivity contribution in [3.05, 3.63) is 52.7 Å². The lowest BCUT2D eigenvalue weighted by Gasteiger charge is -2.23. The third-order valence-corrected chi connectivity index (χ3v) is 7.35. The number of hydrogen-bond donors (Lipinski definition) is 2. The van der Waals surface area contributed by atoms with Crippen LogP contribution in [0, 0.1) is 6.92 Å². The van der Waals surface area contributed by atoms with Gasteiger partial charge in [0.15, 0.2) is 0 Å². The van der Waals surface area contributed by atoms with Crippen molar-refractivity contribution < 1.29 is 19.1 Å². The Hall–Kier alpha value is -3.43. The maximum Gasteiger partial charge on any atom is 0.264 e. The molecule has 4 aromatic rings. The lowest BCUT2D eigenvalue weighted by Crippen LogP contribution is -2.37. The van der Waals surface area contributed by atoms with Crippen LogP contribution >= 0.6 is 11.3 Å². The van der Waals surface area contributed by atoms with Crippen LogP contribution in [0.3, 0.4) is 0 Å². The van der Waals surface area contributed by atoms with Gasteiger partial charge in [0.2, 0.25) is 0 Å². The van der Waals surface area contributed by atoms with E-state index in [1.54, 1.807) is 26.4 Å². The summed E-state index contributed by atoms with van der Waals surface area (Å²) in [4.78, 5) is 35.8. The van der Waals surface area contributed by atoms with E-state index in [1.807, 2.05) is 36.1 Å². The number of rotatable bonds is 6. The molecule has 0 aliphatic carbocycles. The Bertz CT molecular complexity index is 1390. The van der Waals surface area contributed by atoms with Gasteiger partial charge in [-0.15, -0.1) is 11.3 Å². The fraction of sp³-hybridized carbons (Fsp3) is 0.320. The van der Waals surface area contributed by atoms with Crippen LogP contribution in [0.2, 0.25) is 0 Å². The number of aryl methyl sites for hydroxylation is 1. The minimum atomic E-state index is -0.151. The van der Waals surface area contributed by atoms with E-state index >= 15 is 0 Å². The number of carbonyl (C=O) groups excluding carboxylic acids is 2. The number of benzene rings is 1. The van der Waals surface area contributed by atoms with Gasteiger partial charge in [-0.25, -0.2) is 0 Å².